The maximum atomic E-state index is 13.3. The van der Waals surface area contributed by atoms with Crippen LogP contribution in [0.15, 0.2) is 30.3 Å². The molecule has 2 rings (SSSR count). The van der Waals surface area contributed by atoms with E-state index in [4.69, 9.17) is 4.74 Å². The lowest BCUT2D eigenvalue weighted by atomic mass is 10.0. The normalized spacial score (nSPS) is 17.3. The number of rotatable bonds is 10. The first kappa shape index (κ1) is 29.7. The summed E-state index contributed by atoms with van der Waals surface area (Å²) >= 11 is 1.14. The van der Waals surface area contributed by atoms with Crippen molar-refractivity contribution in [3.05, 3.63) is 35.9 Å². The summed E-state index contributed by atoms with van der Waals surface area (Å²) in [5, 5.41) is 2.82. The minimum Gasteiger partial charge on any atom is -0.458 e. The zero-order valence-electron chi connectivity index (χ0n) is 22.4. The first-order chi connectivity index (χ1) is 17.0. The Labute approximate surface area is 219 Å². The van der Waals surface area contributed by atoms with Crippen molar-refractivity contribution in [1.82, 2.24) is 15.1 Å². The van der Waals surface area contributed by atoms with Crippen LogP contribution in [0.3, 0.4) is 0 Å². The van der Waals surface area contributed by atoms with E-state index in [2.05, 4.69) is 5.32 Å². The number of amides is 3. The van der Waals surface area contributed by atoms with Crippen LogP contribution in [0.25, 0.3) is 0 Å². The molecule has 1 unspecified atom stereocenters. The van der Waals surface area contributed by atoms with Gasteiger partial charge < -0.3 is 19.9 Å². The van der Waals surface area contributed by atoms with E-state index in [1.54, 1.807) is 37.5 Å². The van der Waals surface area contributed by atoms with Gasteiger partial charge >= 0.3 is 5.97 Å². The van der Waals surface area contributed by atoms with Crippen molar-refractivity contribution in [2.45, 2.75) is 78.5 Å². The summed E-state index contributed by atoms with van der Waals surface area (Å²) in [7, 11) is 0. The Hall–Kier alpha value is -2.55. The minimum atomic E-state index is -0.864. The summed E-state index contributed by atoms with van der Waals surface area (Å²) in [5.74, 6) is -1.06. The van der Waals surface area contributed by atoms with E-state index < -0.39 is 29.6 Å². The van der Waals surface area contributed by atoms with Crippen molar-refractivity contribution in [1.29, 1.82) is 0 Å². The van der Waals surface area contributed by atoms with Gasteiger partial charge in [-0.2, -0.15) is 0 Å². The van der Waals surface area contributed by atoms with Crippen molar-refractivity contribution in [3.63, 3.8) is 0 Å². The van der Waals surface area contributed by atoms with Gasteiger partial charge in [-0.3, -0.25) is 14.4 Å². The molecule has 0 saturated carbocycles. The molecule has 1 N–H and O–H groups in total. The Kier molecular flexibility index (Phi) is 11.3. The lowest BCUT2D eigenvalue weighted by molar-refractivity contribution is -0.159. The molecule has 36 heavy (non-hydrogen) atoms. The molecule has 200 valence electrons. The van der Waals surface area contributed by atoms with Crippen LogP contribution in [0, 0.1) is 5.92 Å². The molecule has 0 spiro atoms. The molecule has 1 aliphatic heterocycles. The number of carbonyl (C=O) groups is 4. The van der Waals surface area contributed by atoms with Crippen molar-refractivity contribution in [2.24, 2.45) is 5.92 Å². The van der Waals surface area contributed by atoms with Crippen molar-refractivity contribution in [3.8, 4) is 0 Å². The van der Waals surface area contributed by atoms with Crippen molar-refractivity contribution in [2.75, 3.05) is 25.4 Å². The number of hydrogen-bond acceptors (Lipinski definition) is 6. The van der Waals surface area contributed by atoms with Gasteiger partial charge in [-0.05, 0) is 53.0 Å². The summed E-state index contributed by atoms with van der Waals surface area (Å²) in [6, 6.07) is 7.93. The predicted molar refractivity (Wildman–Crippen MR) is 143 cm³/mol. The van der Waals surface area contributed by atoms with Gasteiger partial charge in [0.05, 0.1) is 0 Å². The zero-order valence-corrected chi connectivity index (χ0v) is 23.2. The molecule has 1 aromatic rings. The highest BCUT2D eigenvalue weighted by Crippen LogP contribution is 2.23. The Morgan fingerprint density at radius 3 is 2.36 bits per heavy atom. The topological polar surface area (TPSA) is 96.0 Å². The van der Waals surface area contributed by atoms with Crippen molar-refractivity contribution < 1.29 is 23.9 Å². The van der Waals surface area contributed by atoms with Crippen LogP contribution in [0.4, 0.5) is 4.79 Å². The number of benzene rings is 1. The second-order valence-corrected chi connectivity index (χ2v) is 11.1. The average molecular weight is 520 g/mol. The Bertz CT molecular complexity index is 898. The van der Waals surface area contributed by atoms with E-state index in [0.29, 0.717) is 44.6 Å². The molecule has 1 fully saturated rings. The minimum absolute atomic E-state index is 0.0449. The molecule has 8 nitrogen and oxygen atoms in total. The number of carbonyl (C=O) groups excluding carboxylic acids is 4. The molecule has 0 aliphatic carbocycles. The molecule has 0 bridgehead atoms. The first-order valence-corrected chi connectivity index (χ1v) is 13.7. The van der Waals surface area contributed by atoms with Crippen LogP contribution >= 0.6 is 11.8 Å². The highest BCUT2D eigenvalue weighted by molar-refractivity contribution is 8.13. The lowest BCUT2D eigenvalue weighted by Crippen LogP contribution is -2.53. The van der Waals surface area contributed by atoms with E-state index in [0.717, 1.165) is 17.3 Å². The number of likely N-dealkylation sites (tertiary alicyclic amines) is 1. The molecular formula is C27H41N3O5S. The molecule has 1 saturated heterocycles. The third-order valence-corrected chi connectivity index (χ3v) is 7.20. The van der Waals surface area contributed by atoms with Crippen LogP contribution in [-0.4, -0.2) is 75.9 Å². The Balaban J connectivity index is 2.07. The average Bonchev–Trinajstić information content (AvgIpc) is 3.32. The van der Waals surface area contributed by atoms with Gasteiger partial charge in [0.15, 0.2) is 0 Å². The van der Waals surface area contributed by atoms with Gasteiger partial charge in [-0.15, -0.1) is 0 Å². The van der Waals surface area contributed by atoms with Crippen LogP contribution in [0.5, 0.6) is 0 Å². The fraction of sp³-hybridized carbons (Fsp3) is 0.630. The summed E-state index contributed by atoms with van der Waals surface area (Å²) in [6.07, 6.45) is 1.53. The fourth-order valence-corrected chi connectivity index (χ4v) is 5.09. The van der Waals surface area contributed by atoms with Crippen LogP contribution in [-0.2, 0) is 25.5 Å². The number of hydrogen-bond donors (Lipinski definition) is 1. The maximum Gasteiger partial charge on any atom is 0.329 e. The number of nitrogens with one attached hydrogen (secondary N) is 1. The molecule has 0 radical (unpaired) electrons. The molecular weight excluding hydrogens is 478 g/mol. The second-order valence-electron chi connectivity index (χ2n) is 10.1. The molecule has 1 heterocycles. The standard InChI is InChI=1S/C27H41N3O5S/c1-7-29(8-2)26(34)36-18-19(3)24(32)30-16-12-15-22(30)23(31)28-21(25(33)35-27(4,5)6)17-20-13-10-9-11-14-20/h9-11,13-14,19,21-22H,7-8,12,15-18H2,1-6H3,(H,28,31)/t19?,21-,22-/m0/s1. The van der Waals surface area contributed by atoms with Gasteiger partial charge in [-0.1, -0.05) is 49.0 Å². The fourth-order valence-electron chi connectivity index (χ4n) is 4.11. The van der Waals surface area contributed by atoms with Gasteiger partial charge in [0.25, 0.3) is 5.24 Å². The number of thioether (sulfide) groups is 1. The monoisotopic (exact) mass is 519 g/mol. The third kappa shape index (κ3) is 8.84. The van der Waals surface area contributed by atoms with E-state index in [-0.39, 0.29) is 17.1 Å². The van der Waals surface area contributed by atoms with Crippen LogP contribution in [0.2, 0.25) is 0 Å². The summed E-state index contributed by atoms with van der Waals surface area (Å²) in [6.45, 7) is 12.7. The second kappa shape index (κ2) is 13.7. The third-order valence-electron chi connectivity index (χ3n) is 6.03. The highest BCUT2D eigenvalue weighted by atomic mass is 32.2. The van der Waals surface area contributed by atoms with E-state index in [1.807, 2.05) is 44.2 Å². The largest absolute Gasteiger partial charge is 0.458 e. The molecule has 3 amide bonds. The lowest BCUT2D eigenvalue weighted by Gasteiger charge is -2.29. The highest BCUT2D eigenvalue weighted by Gasteiger charge is 2.38. The molecule has 0 aromatic heterocycles. The Morgan fingerprint density at radius 2 is 1.78 bits per heavy atom. The predicted octanol–water partition coefficient (Wildman–Crippen LogP) is 3.88. The van der Waals surface area contributed by atoms with Gasteiger partial charge in [0.1, 0.15) is 17.7 Å². The SMILES string of the molecule is CCN(CC)C(=O)SCC(C)C(=O)N1CCC[C@H]1C(=O)N[C@@H](Cc1ccccc1)C(=O)OC(C)(C)C. The maximum absolute atomic E-state index is 13.3. The number of esters is 1. The first-order valence-electron chi connectivity index (χ1n) is 12.8. The van der Waals surface area contributed by atoms with Crippen LogP contribution in [0.1, 0.15) is 59.9 Å². The summed E-state index contributed by atoms with van der Waals surface area (Å²) < 4.78 is 5.57. The number of nitrogens with zero attached hydrogens (tertiary/aromatic N) is 2. The molecule has 1 aromatic carbocycles. The van der Waals surface area contributed by atoms with E-state index in [1.165, 1.54) is 0 Å². The molecule has 3 atom stereocenters. The molecule has 9 heteroatoms. The van der Waals surface area contributed by atoms with Crippen LogP contribution < -0.4 is 5.32 Å². The quantitative estimate of drug-likeness (QED) is 0.472. The zero-order chi connectivity index (χ0) is 26.9. The van der Waals surface area contributed by atoms with Gasteiger partial charge in [0, 0.05) is 37.7 Å². The summed E-state index contributed by atoms with van der Waals surface area (Å²) in [4.78, 5) is 55.1. The van der Waals surface area contributed by atoms with E-state index >= 15 is 0 Å². The molecule has 1 aliphatic rings. The van der Waals surface area contributed by atoms with Crippen molar-refractivity contribution >= 4 is 34.8 Å². The number of ether oxygens (including phenoxy) is 1. The Morgan fingerprint density at radius 1 is 1.14 bits per heavy atom. The van der Waals surface area contributed by atoms with Gasteiger partial charge in [-0.25, -0.2) is 4.79 Å². The van der Waals surface area contributed by atoms with Gasteiger partial charge in [0.2, 0.25) is 11.8 Å². The van der Waals surface area contributed by atoms with E-state index in [9.17, 15) is 19.2 Å². The smallest absolute Gasteiger partial charge is 0.329 e. The summed E-state index contributed by atoms with van der Waals surface area (Å²) in [5.41, 5.74) is 0.207.